The van der Waals surface area contributed by atoms with Crippen LogP contribution in [0.25, 0.3) is 0 Å². The molecule has 8 heavy (non-hydrogen) atoms. The summed E-state index contributed by atoms with van der Waals surface area (Å²) in [5.41, 5.74) is 4.50. The molecule has 0 radical (unpaired) electrons. The molecule has 0 spiro atoms. The van der Waals surface area contributed by atoms with E-state index in [9.17, 15) is 0 Å². The van der Waals surface area contributed by atoms with Gasteiger partial charge < -0.3 is 27.4 Å². The van der Waals surface area contributed by atoms with Gasteiger partial charge in [0, 0.05) is 21.1 Å². The summed E-state index contributed by atoms with van der Waals surface area (Å²) >= 11 is 0. The van der Waals surface area contributed by atoms with E-state index in [1.165, 1.54) is 0 Å². The molecule has 0 rings (SSSR count). The molecule has 0 unspecified atom stereocenters. The summed E-state index contributed by atoms with van der Waals surface area (Å²) in [6.07, 6.45) is 0. The van der Waals surface area contributed by atoms with Crippen molar-refractivity contribution in [3.63, 3.8) is 0 Å². The van der Waals surface area contributed by atoms with E-state index in [1.54, 1.807) is 0 Å². The molecule has 0 heterocycles. The van der Waals surface area contributed by atoms with Crippen molar-refractivity contribution < 1.29 is 48.4 Å². The van der Waals surface area contributed by atoms with E-state index in [2.05, 4.69) is 5.59 Å². The zero-order chi connectivity index (χ0) is 2.00. The molecule has 0 aromatic heterocycles. The molecule has 0 aliphatic rings. The van der Waals surface area contributed by atoms with Gasteiger partial charge in [0.2, 0.25) is 0 Å². The maximum Gasteiger partial charge on any atom is 0 e. The van der Waals surface area contributed by atoms with E-state index >= 15 is 0 Å². The second kappa shape index (κ2) is 33700. The Bertz CT molecular complexity index is 8.49. The van der Waals surface area contributed by atoms with Crippen LogP contribution in [0.3, 0.4) is 0 Å². The molecular weight excluding hydrogens is 294 g/mol. The van der Waals surface area contributed by atoms with Crippen LogP contribution < -0.4 is 0 Å². The average molecular weight is 305 g/mol. The topological polar surface area (TPSA) is 198 Å². The molecule has 0 aliphatic heterocycles. The van der Waals surface area contributed by atoms with Crippen LogP contribution in [0, 0.1) is 10.5 Å². The minimum Gasteiger partial charge on any atom is -0.412 e. The number of nitroso groups, excluding NO2 is 1. The molecule has 0 aromatic carbocycles. The second-order valence-electron chi connectivity index (χ2n) is 0. The van der Waals surface area contributed by atoms with Crippen molar-refractivity contribution in [2.75, 3.05) is 0 Å². The standard InChI is InChI=1S/HNO.5H2O.W/c1-2;;;;;;/h1H;5*1H2;. The first-order chi connectivity index (χ1) is 1.00. The molecule has 0 fully saturated rings. The Balaban J connectivity index is -0.000000000333. The molecule has 0 atom stereocenters. The van der Waals surface area contributed by atoms with E-state index in [0.29, 0.717) is 0 Å². The summed E-state index contributed by atoms with van der Waals surface area (Å²) in [4.78, 5) is 7.50. The number of nitrogens with one attached hydrogen (secondary N) is 1. The fourth-order valence-electron chi connectivity index (χ4n) is 0. The van der Waals surface area contributed by atoms with Crippen LogP contribution in [-0.2, 0) is 21.1 Å². The summed E-state index contributed by atoms with van der Waals surface area (Å²) in [5, 5.41) is 0. The molecule has 7 nitrogen and oxygen atoms in total. The van der Waals surface area contributed by atoms with Crippen LogP contribution in [0.15, 0.2) is 0 Å². The molecule has 0 saturated heterocycles. The predicted molar refractivity (Wildman–Crippen MR) is 24.2 cm³/mol. The molecule has 0 saturated carbocycles. The van der Waals surface area contributed by atoms with Crippen LogP contribution in [0.4, 0.5) is 0 Å². The zero-order valence-electron chi connectivity index (χ0n) is 3.82. The first kappa shape index (κ1) is 343. The van der Waals surface area contributed by atoms with E-state index in [4.69, 9.17) is 4.91 Å². The zero-order valence-corrected chi connectivity index (χ0v) is 6.75. The van der Waals surface area contributed by atoms with Crippen LogP contribution in [0.5, 0.6) is 0 Å². The van der Waals surface area contributed by atoms with Gasteiger partial charge in [-0.3, -0.25) is 0 Å². The van der Waals surface area contributed by atoms with Gasteiger partial charge in [-0.15, -0.1) is 0 Å². The Labute approximate surface area is 59.7 Å². The van der Waals surface area contributed by atoms with Crippen molar-refractivity contribution >= 4 is 0 Å². The van der Waals surface area contributed by atoms with Gasteiger partial charge in [0.05, 0.1) is 0 Å². The third-order valence-corrected chi connectivity index (χ3v) is 0. The molecule has 11 N–H and O–H groups in total. The summed E-state index contributed by atoms with van der Waals surface area (Å²) in [6, 6.07) is 0. The Morgan fingerprint density at radius 3 is 0.625 bits per heavy atom. The van der Waals surface area contributed by atoms with E-state index in [-0.39, 0.29) is 48.4 Å². The molecular formula is H11NO6W. The van der Waals surface area contributed by atoms with Crippen molar-refractivity contribution in [3.8, 4) is 0 Å². The molecule has 0 aromatic rings. The van der Waals surface area contributed by atoms with Gasteiger partial charge in [0.25, 0.3) is 0 Å². The van der Waals surface area contributed by atoms with Gasteiger partial charge in [-0.1, -0.05) is 5.59 Å². The Hall–Kier alpha value is 0.0883. The maximum atomic E-state index is 7.50. The summed E-state index contributed by atoms with van der Waals surface area (Å²) in [7, 11) is 0. The number of hydrogen-bond donors (Lipinski definition) is 1. The van der Waals surface area contributed by atoms with Crippen molar-refractivity contribution in [1.29, 1.82) is 5.59 Å². The van der Waals surface area contributed by atoms with Crippen molar-refractivity contribution in [2.24, 2.45) is 0 Å². The molecule has 8 heteroatoms. The molecule has 0 aliphatic carbocycles. The molecule has 0 amide bonds. The normalized spacial score (nSPS) is 0.500. The van der Waals surface area contributed by atoms with E-state index in [0.717, 1.165) is 0 Å². The minimum absolute atomic E-state index is 0. The SMILES string of the molecule is N=O.O.O.O.O.O.[W]. The first-order valence-electron chi connectivity index (χ1n) is 0.204. The quantitative estimate of drug-likeness (QED) is 0.440. The van der Waals surface area contributed by atoms with Gasteiger partial charge in [0.1, 0.15) is 0 Å². The minimum atomic E-state index is 0. The predicted octanol–water partition coefficient (Wildman–Crippen LogP) is -3.79. The largest absolute Gasteiger partial charge is 0.412 e. The van der Waals surface area contributed by atoms with Crippen LogP contribution in [0.2, 0.25) is 0 Å². The molecule has 0 bridgehead atoms. The second-order valence-corrected chi connectivity index (χ2v) is 0. The maximum absolute atomic E-state index is 7.50. The van der Waals surface area contributed by atoms with Crippen molar-refractivity contribution in [2.45, 2.75) is 0 Å². The van der Waals surface area contributed by atoms with E-state index < -0.39 is 0 Å². The Kier molecular flexibility index (Phi) is 1440000. The fraction of sp³-hybridized carbons (Fsp3) is 0. The molecule has 58 valence electrons. The summed E-state index contributed by atoms with van der Waals surface area (Å²) < 4.78 is 0. The third kappa shape index (κ3) is 20200. The van der Waals surface area contributed by atoms with Gasteiger partial charge >= 0.3 is 0 Å². The average Bonchev–Trinajstić information content (AvgIpc) is 1.00. The van der Waals surface area contributed by atoms with Crippen molar-refractivity contribution in [3.05, 3.63) is 4.91 Å². The van der Waals surface area contributed by atoms with Crippen LogP contribution in [-0.4, -0.2) is 27.4 Å². The first-order valence-corrected chi connectivity index (χ1v) is 0.204. The number of rotatable bonds is 0. The van der Waals surface area contributed by atoms with Gasteiger partial charge in [-0.05, 0) is 0 Å². The van der Waals surface area contributed by atoms with Crippen molar-refractivity contribution in [1.82, 2.24) is 0 Å². The summed E-state index contributed by atoms with van der Waals surface area (Å²) in [5.74, 6) is 0. The Morgan fingerprint density at radius 2 is 0.625 bits per heavy atom. The van der Waals surface area contributed by atoms with Crippen LogP contribution >= 0.6 is 0 Å². The monoisotopic (exact) mass is 305 g/mol. The third-order valence-electron chi connectivity index (χ3n) is 0. The fourth-order valence-corrected chi connectivity index (χ4v) is 0. The van der Waals surface area contributed by atoms with Gasteiger partial charge in [0.15, 0.2) is 0 Å². The van der Waals surface area contributed by atoms with Gasteiger partial charge in [-0.25, -0.2) is 0 Å². The summed E-state index contributed by atoms with van der Waals surface area (Å²) in [6.45, 7) is 0. The van der Waals surface area contributed by atoms with Gasteiger partial charge in [-0.2, -0.15) is 4.91 Å². The van der Waals surface area contributed by atoms with E-state index in [1.807, 2.05) is 0 Å². The smallest absolute Gasteiger partial charge is 0 e. The number of hydrogen-bond acceptors (Lipinski definition) is 2. The Morgan fingerprint density at radius 1 is 0.625 bits per heavy atom. The van der Waals surface area contributed by atoms with Crippen LogP contribution in [0.1, 0.15) is 0 Å².